The number of thiol groups is 1. The van der Waals surface area contributed by atoms with Gasteiger partial charge >= 0.3 is 0 Å². The minimum atomic E-state index is 1.08. The molecule has 0 heterocycles. The summed E-state index contributed by atoms with van der Waals surface area (Å²) in [6.45, 7) is 5.93. The van der Waals surface area contributed by atoms with Gasteiger partial charge in [0.05, 0.1) is 0 Å². The van der Waals surface area contributed by atoms with Crippen LogP contribution in [-0.2, 0) is 0 Å². The molecule has 0 amide bonds. The van der Waals surface area contributed by atoms with Crippen molar-refractivity contribution in [1.82, 2.24) is 0 Å². The number of allylic oxidation sites excluding steroid dienone is 2. The van der Waals surface area contributed by atoms with E-state index in [0.29, 0.717) is 0 Å². The van der Waals surface area contributed by atoms with Crippen molar-refractivity contribution < 1.29 is 0 Å². The summed E-state index contributed by atoms with van der Waals surface area (Å²) in [5.74, 6) is 0. The van der Waals surface area contributed by atoms with E-state index in [1.165, 1.54) is 0 Å². The van der Waals surface area contributed by atoms with Crippen LogP contribution in [0.5, 0.6) is 0 Å². The number of hydrogen-bond acceptors (Lipinski definition) is 1. The zero-order valence-corrected chi connectivity index (χ0v) is 6.12. The standard InChI is InChI=1S/C7H12S/c1-3-4-7(2)5-6-8/h5-6,8H,2-4H2,1H3/b6-5-. The molecule has 0 aromatic carbocycles. The molecule has 0 saturated carbocycles. The Balaban J connectivity index is 3.33. The van der Waals surface area contributed by atoms with Gasteiger partial charge in [-0.2, -0.15) is 12.6 Å². The first kappa shape index (κ1) is 7.83. The molecule has 0 N–H and O–H groups in total. The maximum absolute atomic E-state index is 3.91. The Morgan fingerprint density at radius 2 is 2.38 bits per heavy atom. The molecule has 0 aliphatic carbocycles. The lowest BCUT2D eigenvalue weighted by molar-refractivity contribution is 0.930. The van der Waals surface area contributed by atoms with Crippen molar-refractivity contribution in [1.29, 1.82) is 0 Å². The van der Waals surface area contributed by atoms with Crippen LogP contribution in [0.4, 0.5) is 0 Å². The van der Waals surface area contributed by atoms with Gasteiger partial charge in [-0.1, -0.05) is 31.6 Å². The molecule has 0 spiro atoms. The topological polar surface area (TPSA) is 0 Å². The average Bonchev–Trinajstić information content (AvgIpc) is 1.68. The van der Waals surface area contributed by atoms with E-state index in [0.717, 1.165) is 18.4 Å². The third kappa shape index (κ3) is 4.00. The zero-order valence-electron chi connectivity index (χ0n) is 5.22. The molecule has 0 aromatic heterocycles. The second-order valence-corrected chi connectivity index (χ2v) is 2.02. The second-order valence-electron chi connectivity index (χ2n) is 1.72. The van der Waals surface area contributed by atoms with E-state index in [-0.39, 0.29) is 0 Å². The van der Waals surface area contributed by atoms with Crippen LogP contribution in [0.2, 0.25) is 0 Å². The Bertz CT molecular complexity index is 92.6. The highest BCUT2D eigenvalue weighted by Gasteiger charge is 1.81. The fourth-order valence-corrected chi connectivity index (χ4v) is 0.721. The molecule has 0 saturated heterocycles. The first-order chi connectivity index (χ1) is 3.81. The van der Waals surface area contributed by atoms with E-state index in [4.69, 9.17) is 0 Å². The molecule has 1 heteroatoms. The highest BCUT2D eigenvalue weighted by Crippen LogP contribution is 2.02. The van der Waals surface area contributed by atoms with Crippen molar-refractivity contribution in [2.24, 2.45) is 0 Å². The van der Waals surface area contributed by atoms with E-state index in [1.54, 1.807) is 5.41 Å². The van der Waals surface area contributed by atoms with Crippen LogP contribution in [0.1, 0.15) is 19.8 Å². The molecule has 0 radical (unpaired) electrons. The van der Waals surface area contributed by atoms with Crippen LogP contribution < -0.4 is 0 Å². The minimum Gasteiger partial charge on any atom is -0.151 e. The summed E-state index contributed by atoms with van der Waals surface area (Å²) >= 11 is 3.91. The van der Waals surface area contributed by atoms with Crippen LogP contribution in [0.25, 0.3) is 0 Å². The average molecular weight is 128 g/mol. The summed E-state index contributed by atoms with van der Waals surface area (Å²) in [7, 11) is 0. The quantitative estimate of drug-likeness (QED) is 0.438. The third-order valence-electron chi connectivity index (χ3n) is 0.881. The van der Waals surface area contributed by atoms with Gasteiger partial charge in [-0.15, -0.1) is 0 Å². The summed E-state index contributed by atoms with van der Waals surface area (Å²) in [6.07, 6.45) is 4.17. The van der Waals surface area contributed by atoms with Gasteiger partial charge < -0.3 is 0 Å². The smallest absolute Gasteiger partial charge is 0.0287 e. The monoisotopic (exact) mass is 128 g/mol. The molecule has 0 nitrogen and oxygen atoms in total. The van der Waals surface area contributed by atoms with Crippen LogP contribution in [0.15, 0.2) is 23.6 Å². The first-order valence-corrected chi connectivity index (χ1v) is 3.31. The Hall–Kier alpha value is -0.170. The van der Waals surface area contributed by atoms with Gasteiger partial charge in [-0.05, 0) is 11.8 Å². The molecule has 46 valence electrons. The molecule has 0 fully saturated rings. The Labute approximate surface area is 56.7 Å². The molecule has 0 aliphatic heterocycles. The molecule has 0 bridgehead atoms. The van der Waals surface area contributed by atoms with E-state index < -0.39 is 0 Å². The van der Waals surface area contributed by atoms with Crippen molar-refractivity contribution in [2.45, 2.75) is 19.8 Å². The highest BCUT2D eigenvalue weighted by molar-refractivity contribution is 7.83. The normalized spacial score (nSPS) is 10.2. The summed E-state index contributed by atoms with van der Waals surface area (Å²) in [6, 6.07) is 0. The van der Waals surface area contributed by atoms with Crippen LogP contribution >= 0.6 is 12.6 Å². The van der Waals surface area contributed by atoms with Crippen molar-refractivity contribution in [3.05, 3.63) is 23.6 Å². The SMILES string of the molecule is C=C(/C=C\S)CCC. The minimum absolute atomic E-state index is 1.08. The van der Waals surface area contributed by atoms with Gasteiger partial charge in [-0.3, -0.25) is 0 Å². The van der Waals surface area contributed by atoms with E-state index >= 15 is 0 Å². The molecular weight excluding hydrogens is 116 g/mol. The Morgan fingerprint density at radius 3 is 2.75 bits per heavy atom. The van der Waals surface area contributed by atoms with Gasteiger partial charge in [0, 0.05) is 0 Å². The van der Waals surface area contributed by atoms with E-state index in [1.807, 2.05) is 6.08 Å². The lowest BCUT2D eigenvalue weighted by Gasteiger charge is -1.91. The Kier molecular flexibility index (Phi) is 4.87. The summed E-state index contributed by atoms with van der Waals surface area (Å²) in [4.78, 5) is 0. The molecular formula is C7H12S. The summed E-state index contributed by atoms with van der Waals surface area (Å²) in [5, 5.41) is 1.72. The predicted molar refractivity (Wildman–Crippen MR) is 42.2 cm³/mol. The van der Waals surface area contributed by atoms with Crippen LogP contribution in [-0.4, -0.2) is 0 Å². The van der Waals surface area contributed by atoms with Crippen molar-refractivity contribution in [3.8, 4) is 0 Å². The lowest BCUT2D eigenvalue weighted by atomic mass is 10.2. The van der Waals surface area contributed by atoms with Crippen molar-refractivity contribution in [2.75, 3.05) is 0 Å². The van der Waals surface area contributed by atoms with E-state index in [9.17, 15) is 0 Å². The second kappa shape index (κ2) is 4.98. The zero-order chi connectivity index (χ0) is 6.41. The largest absolute Gasteiger partial charge is 0.151 e. The fraction of sp³-hybridized carbons (Fsp3) is 0.429. The molecule has 0 aromatic rings. The lowest BCUT2D eigenvalue weighted by Crippen LogP contribution is -1.70. The fourth-order valence-electron chi connectivity index (χ4n) is 0.510. The van der Waals surface area contributed by atoms with Crippen molar-refractivity contribution in [3.63, 3.8) is 0 Å². The van der Waals surface area contributed by atoms with Crippen LogP contribution in [0.3, 0.4) is 0 Å². The molecule has 0 aliphatic rings. The first-order valence-electron chi connectivity index (χ1n) is 2.79. The summed E-state index contributed by atoms with van der Waals surface area (Å²) in [5.41, 5.74) is 1.16. The molecule has 8 heavy (non-hydrogen) atoms. The van der Waals surface area contributed by atoms with Gasteiger partial charge in [0.15, 0.2) is 0 Å². The van der Waals surface area contributed by atoms with E-state index in [2.05, 4.69) is 26.1 Å². The molecule has 0 unspecified atom stereocenters. The molecule has 0 rings (SSSR count). The maximum atomic E-state index is 3.91. The summed E-state index contributed by atoms with van der Waals surface area (Å²) < 4.78 is 0. The molecule has 0 atom stereocenters. The predicted octanol–water partition coefficient (Wildman–Crippen LogP) is 2.79. The van der Waals surface area contributed by atoms with Crippen LogP contribution in [0, 0.1) is 0 Å². The van der Waals surface area contributed by atoms with Crippen molar-refractivity contribution >= 4 is 12.6 Å². The van der Waals surface area contributed by atoms with Gasteiger partial charge in [0.1, 0.15) is 0 Å². The highest BCUT2D eigenvalue weighted by atomic mass is 32.1. The Morgan fingerprint density at radius 1 is 1.75 bits per heavy atom. The maximum Gasteiger partial charge on any atom is -0.0287 e. The van der Waals surface area contributed by atoms with Gasteiger partial charge in [0.2, 0.25) is 0 Å². The van der Waals surface area contributed by atoms with Gasteiger partial charge in [-0.25, -0.2) is 0 Å². The third-order valence-corrected chi connectivity index (χ3v) is 1.03. The number of rotatable bonds is 3. The van der Waals surface area contributed by atoms with Gasteiger partial charge in [0.25, 0.3) is 0 Å². The number of hydrogen-bond donors (Lipinski definition) is 1.